The van der Waals surface area contributed by atoms with Crippen molar-refractivity contribution in [2.75, 3.05) is 13.1 Å². The number of likely N-dealkylation sites (tertiary alicyclic amines) is 1. The number of aromatic nitrogens is 4. The third-order valence-electron chi connectivity index (χ3n) is 8.89. The first kappa shape index (κ1) is 42.5. The zero-order valence-electron chi connectivity index (χ0n) is 32.6. The van der Waals surface area contributed by atoms with Crippen molar-refractivity contribution in [3.63, 3.8) is 0 Å². The van der Waals surface area contributed by atoms with Crippen molar-refractivity contribution in [3.05, 3.63) is 58.8 Å². The number of imidazole rings is 1. The van der Waals surface area contributed by atoms with Crippen LogP contribution in [-0.4, -0.2) is 77.9 Å². The highest BCUT2D eigenvalue weighted by atomic mass is 16.6. The summed E-state index contributed by atoms with van der Waals surface area (Å²) in [6, 6.07) is 7.46. The van der Waals surface area contributed by atoms with Gasteiger partial charge in [0.15, 0.2) is 0 Å². The molecule has 5 N–H and O–H groups in total. The summed E-state index contributed by atoms with van der Waals surface area (Å²) in [4.78, 5) is 61.4. The van der Waals surface area contributed by atoms with Gasteiger partial charge in [-0.2, -0.15) is 5.10 Å². The van der Waals surface area contributed by atoms with Gasteiger partial charge in [0, 0.05) is 18.8 Å². The topological polar surface area (TPSA) is 195 Å². The zero-order chi connectivity index (χ0) is 39.5. The van der Waals surface area contributed by atoms with E-state index in [1.165, 1.54) is 24.2 Å². The van der Waals surface area contributed by atoms with Crippen molar-refractivity contribution >= 4 is 34.9 Å². The molecule has 53 heavy (non-hydrogen) atoms. The van der Waals surface area contributed by atoms with Gasteiger partial charge in [0.2, 0.25) is 11.8 Å². The molecule has 292 valence electrons. The first-order valence-electron chi connectivity index (χ1n) is 18.7. The zero-order valence-corrected chi connectivity index (χ0v) is 32.6. The van der Waals surface area contributed by atoms with Crippen LogP contribution < -0.4 is 16.7 Å². The maximum absolute atomic E-state index is 12.2. The summed E-state index contributed by atoms with van der Waals surface area (Å²) in [5, 5.41) is 15.6. The Kier molecular flexibility index (Phi) is 15.5. The minimum absolute atomic E-state index is 0.0799. The molecule has 3 atom stereocenters. The van der Waals surface area contributed by atoms with Gasteiger partial charge in [0.1, 0.15) is 18.2 Å². The third-order valence-corrected chi connectivity index (χ3v) is 8.89. The molecule has 1 saturated carbocycles. The molecule has 2 aliphatic rings. The summed E-state index contributed by atoms with van der Waals surface area (Å²) in [5.74, 6) is -0.843. The van der Waals surface area contributed by atoms with Gasteiger partial charge in [0.25, 0.3) is 0 Å². The molecular formula is C39H59N7O7. The van der Waals surface area contributed by atoms with Crippen LogP contribution in [0.25, 0.3) is 16.7 Å². The van der Waals surface area contributed by atoms with E-state index in [2.05, 4.69) is 48.3 Å². The van der Waals surface area contributed by atoms with Crippen LogP contribution in [0, 0.1) is 11.8 Å². The fraction of sp³-hybridized carbons (Fsp3) is 0.590. The molecule has 14 heteroatoms. The molecule has 5 rings (SSSR count). The summed E-state index contributed by atoms with van der Waals surface area (Å²) in [5.41, 5.74) is 8.20. The fourth-order valence-corrected chi connectivity index (χ4v) is 6.04. The number of ether oxygens (including phenoxy) is 1. The van der Waals surface area contributed by atoms with Crippen LogP contribution in [0.1, 0.15) is 118 Å². The number of allylic oxidation sites excluding steroid dienone is 2. The number of benzene rings is 1. The lowest BCUT2D eigenvalue weighted by atomic mass is 10.1. The average molecular weight is 738 g/mol. The molecule has 0 radical (unpaired) electrons. The van der Waals surface area contributed by atoms with Crippen LogP contribution in [-0.2, 0) is 19.1 Å². The molecular weight excluding hydrogens is 678 g/mol. The second kappa shape index (κ2) is 19.3. The normalized spacial score (nSPS) is 18.1. The summed E-state index contributed by atoms with van der Waals surface area (Å²) < 4.78 is 8.61. The maximum Gasteiger partial charge on any atom is 0.408 e. The van der Waals surface area contributed by atoms with E-state index in [1.807, 2.05) is 49.0 Å². The Morgan fingerprint density at radius 3 is 2.42 bits per heavy atom. The van der Waals surface area contributed by atoms with E-state index in [0.717, 1.165) is 41.7 Å². The molecule has 3 amide bonds. The molecule has 2 fully saturated rings. The first-order chi connectivity index (χ1) is 24.9. The van der Waals surface area contributed by atoms with E-state index in [0.29, 0.717) is 24.8 Å². The summed E-state index contributed by atoms with van der Waals surface area (Å²) >= 11 is 0. The number of carbonyl (C=O) groups excluding carboxylic acids is 3. The highest BCUT2D eigenvalue weighted by molar-refractivity contribution is 5.89. The number of hydrogen-bond donors (Lipinski definition) is 4. The lowest BCUT2D eigenvalue weighted by molar-refractivity contribution is -0.138. The van der Waals surface area contributed by atoms with Gasteiger partial charge >= 0.3 is 17.8 Å². The monoisotopic (exact) mass is 737 g/mol. The number of carboxylic acid groups (broad SMARTS) is 1. The number of aliphatic carboxylic acids is 1. The minimum atomic E-state index is -0.657. The van der Waals surface area contributed by atoms with Gasteiger partial charge < -0.3 is 30.8 Å². The molecule has 1 aromatic carbocycles. The van der Waals surface area contributed by atoms with Crippen molar-refractivity contribution in [2.24, 2.45) is 17.6 Å². The fourth-order valence-electron chi connectivity index (χ4n) is 6.04. The van der Waals surface area contributed by atoms with E-state index in [9.17, 15) is 24.0 Å². The Labute approximate surface area is 312 Å². The van der Waals surface area contributed by atoms with Crippen molar-refractivity contribution in [2.45, 2.75) is 124 Å². The largest absolute Gasteiger partial charge is 0.481 e. The number of H-pyrrole nitrogens is 1. The molecule has 1 saturated heterocycles. The molecule has 0 spiro atoms. The highest BCUT2D eigenvalue weighted by Gasteiger charge is 2.41. The molecule has 2 aromatic heterocycles. The molecule has 14 nitrogen and oxygen atoms in total. The quantitative estimate of drug-likeness (QED) is 0.127. The number of alkyl carbamates (subject to hydrolysis) is 1. The molecule has 3 unspecified atom stereocenters. The number of hydrogen-bond acceptors (Lipinski definition) is 7. The lowest BCUT2D eigenvalue weighted by Gasteiger charge is -2.23. The van der Waals surface area contributed by atoms with Gasteiger partial charge in [-0.25, -0.2) is 14.3 Å². The van der Waals surface area contributed by atoms with Gasteiger partial charge in [-0.1, -0.05) is 51.8 Å². The standard InChI is InChI=1S/C16H20N4O.C12H21N3O4.C11H18O2/c1-10(2)12-8-9-19(18-12)13-6-5-7-14-15(13)17-16(21)20(14)11(3)4;1-12(2,3)19-11(18)14-7-9(16)15-6-4-5-8(15)10(13)17;1-2-3-4-5-6-7-9-8-10(9)11(12)13/h5-11H,1-4H3,(H,17,21);8H,4-7H2,1-3H3,(H2,13,17)(H,14,18);6-7,9-10H,2-5,8H2,1H3,(H,12,13)/b;;7-6-. The molecule has 3 aromatic rings. The minimum Gasteiger partial charge on any atom is -0.481 e. The van der Waals surface area contributed by atoms with Gasteiger partial charge in [-0.15, -0.1) is 0 Å². The van der Waals surface area contributed by atoms with E-state index in [1.54, 1.807) is 25.3 Å². The lowest BCUT2D eigenvalue weighted by Crippen LogP contribution is -2.48. The number of primary amides is 1. The average Bonchev–Trinajstić information content (AvgIpc) is 3.39. The van der Waals surface area contributed by atoms with Crippen molar-refractivity contribution in [1.82, 2.24) is 29.5 Å². The van der Waals surface area contributed by atoms with Crippen LogP contribution in [0.15, 0.2) is 47.4 Å². The van der Waals surface area contributed by atoms with E-state index in [4.69, 9.17) is 15.6 Å². The number of nitrogens with two attached hydrogens (primary N) is 1. The predicted octanol–water partition coefficient (Wildman–Crippen LogP) is 6.05. The third kappa shape index (κ3) is 12.6. The number of carbonyl (C=O) groups is 4. The first-order valence-corrected chi connectivity index (χ1v) is 18.7. The van der Waals surface area contributed by atoms with Crippen molar-refractivity contribution < 1.29 is 29.0 Å². The van der Waals surface area contributed by atoms with Gasteiger partial charge in [-0.3, -0.25) is 19.0 Å². The predicted molar refractivity (Wildman–Crippen MR) is 205 cm³/mol. The Hall–Kier alpha value is -4.88. The van der Waals surface area contributed by atoms with Gasteiger partial charge in [0.05, 0.1) is 28.3 Å². The number of unbranched alkanes of at least 4 members (excludes halogenated alkanes) is 3. The number of para-hydroxylation sites is 1. The van der Waals surface area contributed by atoms with E-state index >= 15 is 0 Å². The second-order valence-corrected chi connectivity index (χ2v) is 15.2. The van der Waals surface area contributed by atoms with Crippen LogP contribution in [0.4, 0.5) is 4.79 Å². The van der Waals surface area contributed by atoms with E-state index < -0.39 is 29.6 Å². The Morgan fingerprint density at radius 2 is 1.85 bits per heavy atom. The maximum atomic E-state index is 12.2. The highest BCUT2D eigenvalue weighted by Crippen LogP contribution is 2.39. The van der Waals surface area contributed by atoms with Crippen LogP contribution >= 0.6 is 0 Å². The van der Waals surface area contributed by atoms with Gasteiger partial charge in [-0.05, 0) is 96.8 Å². The summed E-state index contributed by atoms with van der Waals surface area (Å²) in [6.07, 6.45) is 12.5. The molecule has 1 aliphatic heterocycles. The number of nitrogens with zero attached hydrogens (tertiary/aromatic N) is 4. The summed E-state index contributed by atoms with van der Waals surface area (Å²) in [7, 11) is 0. The Bertz CT molecular complexity index is 1780. The number of rotatable bonds is 12. The number of nitrogens with one attached hydrogen (secondary N) is 2. The molecule has 1 aliphatic carbocycles. The second-order valence-electron chi connectivity index (χ2n) is 15.2. The number of fused-ring (bicyclic) bond motifs is 1. The smallest absolute Gasteiger partial charge is 0.408 e. The Morgan fingerprint density at radius 1 is 1.13 bits per heavy atom. The molecule has 0 bridgehead atoms. The summed E-state index contributed by atoms with van der Waals surface area (Å²) in [6.45, 7) is 15.9. The van der Waals surface area contributed by atoms with E-state index in [-0.39, 0.29) is 30.1 Å². The Balaban J connectivity index is 0.000000220. The SMILES string of the molecule is CC(C)(C)OC(=O)NCC(=O)N1CCCC1C(N)=O.CC(C)c1ccn(-c2cccc3c2[nH]c(=O)n3C(C)C)n1.CCCCC/C=C\C1CC1C(=O)O. The van der Waals surface area contributed by atoms with Crippen LogP contribution in [0.5, 0.6) is 0 Å². The number of amides is 3. The van der Waals surface area contributed by atoms with Crippen LogP contribution in [0.3, 0.4) is 0 Å². The number of carboxylic acids is 1. The van der Waals surface area contributed by atoms with Crippen molar-refractivity contribution in [1.29, 1.82) is 0 Å². The molecule has 3 heterocycles. The van der Waals surface area contributed by atoms with Crippen molar-refractivity contribution in [3.8, 4) is 5.69 Å². The number of aromatic amines is 1. The van der Waals surface area contributed by atoms with Crippen LogP contribution in [0.2, 0.25) is 0 Å².